The van der Waals surface area contributed by atoms with Crippen molar-refractivity contribution in [2.24, 2.45) is 0 Å². The predicted octanol–water partition coefficient (Wildman–Crippen LogP) is 3.44. The highest BCUT2D eigenvalue weighted by molar-refractivity contribution is 7.14. The second-order valence-electron chi connectivity index (χ2n) is 6.41. The molecule has 0 bridgehead atoms. The molecular formula is C17H25NO2S. The molecule has 0 radical (unpaired) electrons. The van der Waals surface area contributed by atoms with Crippen LogP contribution in [0.4, 0.5) is 0 Å². The number of fused-ring (bicyclic) bond motifs is 1. The zero-order valence-corrected chi connectivity index (χ0v) is 13.4. The Labute approximate surface area is 130 Å². The van der Waals surface area contributed by atoms with E-state index in [1.165, 1.54) is 36.1 Å². The predicted molar refractivity (Wildman–Crippen MR) is 85.9 cm³/mol. The van der Waals surface area contributed by atoms with E-state index in [4.69, 9.17) is 0 Å². The molecule has 1 saturated carbocycles. The lowest BCUT2D eigenvalue weighted by atomic mass is 9.92. The number of carbonyl (C=O) groups excluding carboxylic acids is 1. The number of hydrogen-bond acceptors (Lipinski definition) is 3. The van der Waals surface area contributed by atoms with Gasteiger partial charge in [-0.05, 0) is 50.2 Å². The van der Waals surface area contributed by atoms with Crippen LogP contribution in [0.5, 0.6) is 0 Å². The van der Waals surface area contributed by atoms with Gasteiger partial charge in [-0.1, -0.05) is 25.7 Å². The summed E-state index contributed by atoms with van der Waals surface area (Å²) >= 11 is 1.66. The summed E-state index contributed by atoms with van der Waals surface area (Å²) in [7, 11) is 0. The molecule has 3 rings (SSSR count). The van der Waals surface area contributed by atoms with Crippen LogP contribution in [0.25, 0.3) is 0 Å². The van der Waals surface area contributed by atoms with Crippen LogP contribution in [-0.4, -0.2) is 23.2 Å². The van der Waals surface area contributed by atoms with Crippen LogP contribution in [-0.2, 0) is 12.8 Å². The summed E-state index contributed by atoms with van der Waals surface area (Å²) < 4.78 is 0. The van der Waals surface area contributed by atoms with Gasteiger partial charge < -0.3 is 10.4 Å². The third kappa shape index (κ3) is 3.67. The molecule has 0 aliphatic heterocycles. The van der Waals surface area contributed by atoms with E-state index in [0.717, 1.165) is 43.4 Å². The van der Waals surface area contributed by atoms with Crippen molar-refractivity contribution in [3.05, 3.63) is 21.4 Å². The lowest BCUT2D eigenvalue weighted by Gasteiger charge is -2.28. The van der Waals surface area contributed by atoms with Gasteiger partial charge in [0.15, 0.2) is 0 Å². The number of rotatable bonds is 2. The van der Waals surface area contributed by atoms with Gasteiger partial charge in [0.2, 0.25) is 0 Å². The SMILES string of the molecule is O=C(NC1CCCCC1O)c1cc2c(s1)CCCCCC2. The van der Waals surface area contributed by atoms with Crippen molar-refractivity contribution < 1.29 is 9.90 Å². The lowest BCUT2D eigenvalue weighted by molar-refractivity contribution is 0.0720. The summed E-state index contributed by atoms with van der Waals surface area (Å²) in [6.45, 7) is 0. The number of aliphatic hydroxyl groups excluding tert-OH is 1. The maximum atomic E-state index is 12.4. The molecule has 2 N–H and O–H groups in total. The van der Waals surface area contributed by atoms with Crippen LogP contribution >= 0.6 is 11.3 Å². The highest BCUT2D eigenvalue weighted by Gasteiger charge is 2.26. The van der Waals surface area contributed by atoms with E-state index < -0.39 is 0 Å². The van der Waals surface area contributed by atoms with Gasteiger partial charge in [0.05, 0.1) is 17.0 Å². The molecule has 2 unspecified atom stereocenters. The quantitative estimate of drug-likeness (QED) is 0.879. The topological polar surface area (TPSA) is 49.3 Å². The van der Waals surface area contributed by atoms with Crippen molar-refractivity contribution >= 4 is 17.2 Å². The van der Waals surface area contributed by atoms with E-state index in [2.05, 4.69) is 11.4 Å². The van der Waals surface area contributed by atoms with E-state index in [1.54, 1.807) is 11.3 Å². The minimum atomic E-state index is -0.372. The van der Waals surface area contributed by atoms with Gasteiger partial charge in [-0.15, -0.1) is 11.3 Å². The fourth-order valence-electron chi connectivity index (χ4n) is 3.48. The lowest BCUT2D eigenvalue weighted by Crippen LogP contribution is -2.44. The molecule has 0 aromatic carbocycles. The van der Waals surface area contributed by atoms with E-state index in [1.807, 2.05) is 0 Å². The van der Waals surface area contributed by atoms with Crippen LogP contribution in [0.2, 0.25) is 0 Å². The minimum absolute atomic E-state index is 0.0118. The zero-order chi connectivity index (χ0) is 14.7. The van der Waals surface area contributed by atoms with Gasteiger partial charge in [-0.25, -0.2) is 0 Å². The summed E-state index contributed by atoms with van der Waals surface area (Å²) in [5.74, 6) is 0.0118. The molecule has 2 aliphatic carbocycles. The molecule has 21 heavy (non-hydrogen) atoms. The van der Waals surface area contributed by atoms with Crippen LogP contribution in [0.3, 0.4) is 0 Å². The minimum Gasteiger partial charge on any atom is -0.391 e. The maximum absolute atomic E-state index is 12.4. The van der Waals surface area contributed by atoms with Gasteiger partial charge in [0, 0.05) is 4.88 Å². The number of thiophene rings is 1. The molecule has 2 atom stereocenters. The van der Waals surface area contributed by atoms with Crippen molar-refractivity contribution in [2.45, 2.75) is 76.4 Å². The van der Waals surface area contributed by atoms with Gasteiger partial charge >= 0.3 is 0 Å². The van der Waals surface area contributed by atoms with Crippen molar-refractivity contribution in [1.29, 1.82) is 0 Å². The van der Waals surface area contributed by atoms with E-state index in [9.17, 15) is 9.90 Å². The van der Waals surface area contributed by atoms with E-state index in [-0.39, 0.29) is 18.1 Å². The monoisotopic (exact) mass is 307 g/mol. The molecule has 2 aliphatic rings. The second-order valence-corrected chi connectivity index (χ2v) is 7.54. The molecule has 4 heteroatoms. The molecule has 0 spiro atoms. The molecule has 1 amide bonds. The Hall–Kier alpha value is -0.870. The van der Waals surface area contributed by atoms with Gasteiger partial charge in [-0.3, -0.25) is 4.79 Å². The average molecular weight is 307 g/mol. The van der Waals surface area contributed by atoms with Gasteiger partial charge in [-0.2, -0.15) is 0 Å². The van der Waals surface area contributed by atoms with Crippen LogP contribution in [0.15, 0.2) is 6.07 Å². The zero-order valence-electron chi connectivity index (χ0n) is 12.6. The molecule has 116 valence electrons. The Bertz CT molecular complexity index is 471. The third-order valence-electron chi connectivity index (χ3n) is 4.77. The van der Waals surface area contributed by atoms with E-state index in [0.29, 0.717) is 0 Å². The molecule has 0 saturated heterocycles. The largest absolute Gasteiger partial charge is 0.391 e. The highest BCUT2D eigenvalue weighted by Crippen LogP contribution is 2.29. The normalized spacial score (nSPS) is 26.5. The number of amides is 1. The Kier molecular flexibility index (Phi) is 4.96. The number of aryl methyl sites for hydroxylation is 2. The van der Waals surface area contributed by atoms with Crippen molar-refractivity contribution in [3.63, 3.8) is 0 Å². The third-order valence-corrected chi connectivity index (χ3v) is 6.00. The van der Waals surface area contributed by atoms with Crippen LogP contribution < -0.4 is 5.32 Å². The summed E-state index contributed by atoms with van der Waals surface area (Å²) in [5, 5.41) is 13.0. The Morgan fingerprint density at radius 1 is 1.10 bits per heavy atom. The second kappa shape index (κ2) is 6.93. The Morgan fingerprint density at radius 3 is 2.67 bits per heavy atom. The molecule has 3 nitrogen and oxygen atoms in total. The first-order valence-electron chi connectivity index (χ1n) is 8.34. The fraction of sp³-hybridized carbons (Fsp3) is 0.706. The number of carbonyl (C=O) groups is 1. The van der Waals surface area contributed by atoms with Crippen molar-refractivity contribution in [1.82, 2.24) is 5.32 Å². The van der Waals surface area contributed by atoms with Crippen LogP contribution in [0, 0.1) is 0 Å². The highest BCUT2D eigenvalue weighted by atomic mass is 32.1. The molecular weight excluding hydrogens is 282 g/mol. The number of nitrogens with one attached hydrogen (secondary N) is 1. The summed E-state index contributed by atoms with van der Waals surface area (Å²) in [5.41, 5.74) is 1.38. The van der Waals surface area contributed by atoms with Crippen molar-refractivity contribution in [3.8, 4) is 0 Å². The molecule has 1 aromatic heterocycles. The summed E-state index contributed by atoms with van der Waals surface area (Å²) in [6.07, 6.45) is 10.9. The number of aliphatic hydroxyl groups is 1. The summed E-state index contributed by atoms with van der Waals surface area (Å²) in [6, 6.07) is 2.03. The fourth-order valence-corrected chi connectivity index (χ4v) is 4.63. The van der Waals surface area contributed by atoms with E-state index >= 15 is 0 Å². The summed E-state index contributed by atoms with van der Waals surface area (Å²) in [4.78, 5) is 14.7. The van der Waals surface area contributed by atoms with Crippen LogP contribution in [0.1, 0.15) is 71.5 Å². The first kappa shape index (κ1) is 15.0. The Morgan fingerprint density at radius 2 is 1.86 bits per heavy atom. The standard InChI is InChI=1S/C17H25NO2S/c19-14-9-6-5-8-13(14)18-17(20)16-11-12-7-3-1-2-4-10-15(12)21-16/h11,13-14,19H,1-10H2,(H,18,20). The first-order valence-corrected chi connectivity index (χ1v) is 9.16. The molecule has 1 aromatic rings. The number of hydrogen-bond donors (Lipinski definition) is 2. The maximum Gasteiger partial charge on any atom is 0.261 e. The molecule has 1 heterocycles. The van der Waals surface area contributed by atoms with Gasteiger partial charge in [0.25, 0.3) is 5.91 Å². The van der Waals surface area contributed by atoms with Gasteiger partial charge in [0.1, 0.15) is 0 Å². The van der Waals surface area contributed by atoms with Crippen molar-refractivity contribution in [2.75, 3.05) is 0 Å². The smallest absolute Gasteiger partial charge is 0.261 e. The Balaban J connectivity index is 1.68. The molecule has 1 fully saturated rings. The first-order chi connectivity index (χ1) is 10.2. The average Bonchev–Trinajstić information content (AvgIpc) is 2.84.